The molecule has 3 aliphatic carbocycles. The Balaban J connectivity index is 2.07. The van der Waals surface area contributed by atoms with Gasteiger partial charge in [0.15, 0.2) is 0 Å². The lowest BCUT2D eigenvalue weighted by atomic mass is 9.44. The van der Waals surface area contributed by atoms with E-state index in [0.717, 1.165) is 37.7 Å². The number of hydrogen-bond acceptors (Lipinski definition) is 3. The fraction of sp³-hybridized carbons (Fsp3) is 0.800. The van der Waals surface area contributed by atoms with Crippen molar-refractivity contribution in [3.8, 4) is 0 Å². The molecule has 0 saturated heterocycles. The molecule has 3 N–H and O–H groups in total. The summed E-state index contributed by atoms with van der Waals surface area (Å²) in [5.41, 5.74) is 0.411. The average molecular weight is 320 g/mol. The van der Waals surface area contributed by atoms with Crippen LogP contribution in [0.2, 0.25) is 0 Å². The molecule has 0 heterocycles. The van der Waals surface area contributed by atoms with Crippen LogP contribution in [0.5, 0.6) is 0 Å². The van der Waals surface area contributed by atoms with Crippen molar-refractivity contribution in [2.45, 2.75) is 65.1 Å². The normalized spacial score (nSPS) is 53.0. The van der Waals surface area contributed by atoms with Gasteiger partial charge in [-0.25, -0.2) is 0 Å². The van der Waals surface area contributed by atoms with Crippen LogP contribution in [0.3, 0.4) is 0 Å². The average Bonchev–Trinajstić information content (AvgIpc) is 2.51. The lowest BCUT2D eigenvalue weighted by Gasteiger charge is -2.61. The third-order valence-corrected chi connectivity index (χ3v) is 7.57. The van der Waals surface area contributed by atoms with Crippen molar-refractivity contribution >= 4 is 0 Å². The van der Waals surface area contributed by atoms with Gasteiger partial charge in [0.2, 0.25) is 0 Å². The van der Waals surface area contributed by atoms with Crippen LogP contribution in [0.25, 0.3) is 0 Å². The molecule has 0 aromatic rings. The second kappa shape index (κ2) is 5.44. The zero-order valence-electron chi connectivity index (χ0n) is 14.8. The summed E-state index contributed by atoms with van der Waals surface area (Å²) in [6.07, 6.45) is 7.67. The van der Waals surface area contributed by atoms with Gasteiger partial charge in [0.25, 0.3) is 0 Å². The third-order valence-electron chi connectivity index (χ3n) is 7.57. The Bertz CT molecular complexity index is 527. The van der Waals surface area contributed by atoms with Gasteiger partial charge >= 0.3 is 0 Å². The van der Waals surface area contributed by atoms with E-state index in [-0.39, 0.29) is 28.8 Å². The number of aliphatic hydroxyl groups is 3. The predicted molar refractivity (Wildman–Crippen MR) is 91.8 cm³/mol. The molecule has 0 aromatic heterocycles. The van der Waals surface area contributed by atoms with E-state index in [9.17, 15) is 15.3 Å². The van der Waals surface area contributed by atoms with Crippen molar-refractivity contribution in [2.24, 2.45) is 28.1 Å². The molecule has 130 valence electrons. The van der Waals surface area contributed by atoms with Crippen LogP contribution in [0.4, 0.5) is 0 Å². The lowest BCUT2D eigenvalue weighted by Crippen LogP contribution is -2.59. The number of aliphatic hydroxyl groups excluding tert-OH is 3. The Hall–Kier alpha value is -0.640. The summed E-state index contributed by atoms with van der Waals surface area (Å²) >= 11 is 0. The summed E-state index contributed by atoms with van der Waals surface area (Å²) < 4.78 is 0. The summed E-state index contributed by atoms with van der Waals surface area (Å²) in [5, 5.41) is 31.8. The third kappa shape index (κ3) is 2.27. The second-order valence-corrected chi connectivity index (χ2v) is 9.01. The molecular formula is C20H32O3. The van der Waals surface area contributed by atoms with Crippen LogP contribution in [-0.4, -0.2) is 34.1 Å². The fourth-order valence-corrected chi connectivity index (χ4v) is 6.11. The molecule has 0 unspecified atom stereocenters. The largest absolute Gasteiger partial charge is 0.396 e. The molecule has 3 nitrogen and oxygen atoms in total. The molecule has 0 radical (unpaired) electrons. The minimum atomic E-state index is -0.592. The Morgan fingerprint density at radius 2 is 1.91 bits per heavy atom. The van der Waals surface area contributed by atoms with Crippen molar-refractivity contribution in [2.75, 3.05) is 6.61 Å². The van der Waals surface area contributed by atoms with Gasteiger partial charge in [-0.05, 0) is 48.0 Å². The van der Waals surface area contributed by atoms with Crippen molar-refractivity contribution in [1.29, 1.82) is 0 Å². The van der Waals surface area contributed by atoms with Gasteiger partial charge in [0.05, 0.1) is 12.2 Å². The SMILES string of the molecule is C=C[C@]1(C)CC[C@H]2C(=C[C@@H](O)[C@@H]3[C@@](C)(CO)CCC[C@]32C)[C@H]1O. The van der Waals surface area contributed by atoms with Crippen LogP contribution in [0.15, 0.2) is 24.3 Å². The molecule has 7 atom stereocenters. The van der Waals surface area contributed by atoms with Gasteiger partial charge in [-0.1, -0.05) is 39.3 Å². The molecule has 3 rings (SSSR count). The molecule has 2 saturated carbocycles. The van der Waals surface area contributed by atoms with E-state index < -0.39 is 12.2 Å². The highest BCUT2D eigenvalue weighted by Gasteiger charge is 2.59. The molecule has 0 aliphatic heterocycles. The maximum absolute atomic E-state index is 10.9. The van der Waals surface area contributed by atoms with Gasteiger partial charge in [0, 0.05) is 17.9 Å². The molecular weight excluding hydrogens is 288 g/mol. The summed E-state index contributed by atoms with van der Waals surface area (Å²) in [4.78, 5) is 0. The standard InChI is InChI=1S/C20H32O3/c1-5-18(2)10-7-14-13(17(18)23)11-15(22)16-19(3,12-21)8-6-9-20(14,16)4/h5,11,14-17,21-23H,1,6-10,12H2,2-4H3/t14-,15+,16+,17+,18+,19+,20-/m0/s1. The summed E-state index contributed by atoms with van der Waals surface area (Å²) in [6.45, 7) is 10.5. The smallest absolute Gasteiger partial charge is 0.0841 e. The summed E-state index contributed by atoms with van der Waals surface area (Å²) in [5.74, 6) is 0.355. The topological polar surface area (TPSA) is 60.7 Å². The first-order valence-corrected chi connectivity index (χ1v) is 9.04. The predicted octanol–water partition coefficient (Wildman–Crippen LogP) is 3.06. The first kappa shape index (κ1) is 17.2. The summed E-state index contributed by atoms with van der Waals surface area (Å²) in [7, 11) is 0. The van der Waals surface area contributed by atoms with E-state index in [1.165, 1.54) is 0 Å². The van der Waals surface area contributed by atoms with Crippen molar-refractivity contribution in [3.05, 3.63) is 24.3 Å². The molecule has 3 heteroatoms. The monoisotopic (exact) mass is 320 g/mol. The van der Waals surface area contributed by atoms with Gasteiger partial charge in [-0.3, -0.25) is 0 Å². The van der Waals surface area contributed by atoms with Crippen molar-refractivity contribution in [1.82, 2.24) is 0 Å². The molecule has 0 amide bonds. The lowest BCUT2D eigenvalue weighted by molar-refractivity contribution is -0.134. The fourth-order valence-electron chi connectivity index (χ4n) is 6.11. The van der Waals surface area contributed by atoms with Gasteiger partial charge in [-0.2, -0.15) is 0 Å². The molecule has 0 spiro atoms. The highest BCUT2D eigenvalue weighted by molar-refractivity contribution is 5.31. The van der Waals surface area contributed by atoms with Gasteiger partial charge in [0.1, 0.15) is 0 Å². The first-order chi connectivity index (χ1) is 10.7. The second-order valence-electron chi connectivity index (χ2n) is 9.01. The van der Waals surface area contributed by atoms with Crippen LogP contribution in [-0.2, 0) is 0 Å². The van der Waals surface area contributed by atoms with E-state index >= 15 is 0 Å². The minimum Gasteiger partial charge on any atom is -0.396 e. The molecule has 23 heavy (non-hydrogen) atoms. The van der Waals surface area contributed by atoms with Gasteiger partial charge < -0.3 is 15.3 Å². The Morgan fingerprint density at radius 1 is 1.22 bits per heavy atom. The summed E-state index contributed by atoms with van der Waals surface area (Å²) in [6, 6.07) is 0. The molecule has 0 bridgehead atoms. The number of rotatable bonds is 2. The maximum Gasteiger partial charge on any atom is 0.0841 e. The van der Waals surface area contributed by atoms with E-state index in [0.29, 0.717) is 5.92 Å². The van der Waals surface area contributed by atoms with Crippen molar-refractivity contribution < 1.29 is 15.3 Å². The first-order valence-electron chi connectivity index (χ1n) is 9.04. The van der Waals surface area contributed by atoms with Crippen LogP contribution >= 0.6 is 0 Å². The van der Waals surface area contributed by atoms with E-state index in [1.54, 1.807) is 0 Å². The van der Waals surface area contributed by atoms with E-state index in [4.69, 9.17) is 0 Å². The number of fused-ring (bicyclic) bond motifs is 3. The van der Waals surface area contributed by atoms with E-state index in [2.05, 4.69) is 27.4 Å². The highest BCUT2D eigenvalue weighted by Crippen LogP contribution is 2.63. The Kier molecular flexibility index (Phi) is 4.06. The van der Waals surface area contributed by atoms with E-state index in [1.807, 2.05) is 12.2 Å². The van der Waals surface area contributed by atoms with Gasteiger partial charge in [-0.15, -0.1) is 6.58 Å². The molecule has 3 aliphatic rings. The molecule has 0 aromatic carbocycles. The quantitative estimate of drug-likeness (QED) is 0.685. The highest BCUT2D eigenvalue weighted by atomic mass is 16.3. The van der Waals surface area contributed by atoms with Crippen molar-refractivity contribution in [3.63, 3.8) is 0 Å². The minimum absolute atomic E-state index is 0.0529. The maximum atomic E-state index is 10.9. The number of hydrogen-bond donors (Lipinski definition) is 3. The molecule has 2 fully saturated rings. The van der Waals surface area contributed by atoms with Crippen LogP contribution < -0.4 is 0 Å². The van der Waals surface area contributed by atoms with Crippen LogP contribution in [0, 0.1) is 28.1 Å². The Labute approximate surface area is 140 Å². The zero-order chi connectivity index (χ0) is 17.0. The zero-order valence-corrected chi connectivity index (χ0v) is 14.8. The Morgan fingerprint density at radius 3 is 2.52 bits per heavy atom. The van der Waals surface area contributed by atoms with Crippen LogP contribution in [0.1, 0.15) is 52.9 Å².